The van der Waals surface area contributed by atoms with E-state index >= 15 is 0 Å². The van der Waals surface area contributed by atoms with E-state index in [1.165, 1.54) is 0 Å². The van der Waals surface area contributed by atoms with Gasteiger partial charge in [-0.25, -0.2) is 4.79 Å². The monoisotopic (exact) mass is 306 g/mol. The van der Waals surface area contributed by atoms with E-state index < -0.39 is 11.6 Å². The first-order valence-corrected chi connectivity index (χ1v) is 7.77. The van der Waals surface area contributed by atoms with Crippen LogP contribution in [0.25, 0.3) is 0 Å². The second-order valence-electron chi connectivity index (χ2n) is 6.66. The van der Waals surface area contributed by atoms with Crippen molar-refractivity contribution in [2.24, 2.45) is 0 Å². The number of carbonyl (C=O) groups is 1. The predicted octanol–water partition coefficient (Wildman–Crippen LogP) is 2.84. The van der Waals surface area contributed by atoms with E-state index in [9.17, 15) is 9.90 Å². The van der Waals surface area contributed by atoms with Gasteiger partial charge in [0, 0.05) is 25.2 Å². The fraction of sp³-hybridized carbons (Fsp3) is 0.588. The summed E-state index contributed by atoms with van der Waals surface area (Å²) in [5, 5.41) is 9.75. The van der Waals surface area contributed by atoms with Crippen molar-refractivity contribution in [3.05, 3.63) is 35.9 Å². The van der Waals surface area contributed by atoms with E-state index in [1.54, 1.807) is 4.90 Å². The molecular weight excluding hydrogens is 280 g/mol. The second kappa shape index (κ2) is 7.11. The smallest absolute Gasteiger partial charge is 0.408 e. The van der Waals surface area contributed by atoms with Crippen molar-refractivity contribution < 1.29 is 14.6 Å². The highest BCUT2D eigenvalue weighted by atomic mass is 16.5. The topological polar surface area (TPSA) is 53.0 Å². The molecule has 1 atom stereocenters. The van der Waals surface area contributed by atoms with E-state index in [4.69, 9.17) is 4.74 Å². The quantitative estimate of drug-likeness (QED) is 0.929. The van der Waals surface area contributed by atoms with Crippen molar-refractivity contribution in [1.29, 1.82) is 0 Å². The molecule has 0 spiro atoms. The number of nitrogens with zero attached hydrogens (tertiary/aromatic N) is 2. The zero-order valence-electron chi connectivity index (χ0n) is 13.7. The fourth-order valence-electron chi connectivity index (χ4n) is 2.93. The second-order valence-corrected chi connectivity index (χ2v) is 6.66. The normalized spacial score (nSPS) is 18.0. The Kier molecular flexibility index (Phi) is 5.42. The lowest BCUT2D eigenvalue weighted by molar-refractivity contribution is 0.00986. The molecule has 1 aliphatic rings. The van der Waals surface area contributed by atoms with Crippen molar-refractivity contribution in [3.63, 3.8) is 0 Å². The van der Waals surface area contributed by atoms with E-state index in [-0.39, 0.29) is 6.04 Å². The SMILES string of the molecule is CC(C)(C)N(C(=O)O)[C@H](CN1CCOCC1)c1ccccc1. The van der Waals surface area contributed by atoms with Crippen LogP contribution in [0.5, 0.6) is 0 Å². The van der Waals surface area contributed by atoms with Crippen molar-refractivity contribution in [1.82, 2.24) is 9.80 Å². The van der Waals surface area contributed by atoms with Crippen LogP contribution in [0, 0.1) is 0 Å². The summed E-state index contributed by atoms with van der Waals surface area (Å²) in [6, 6.07) is 9.71. The molecule has 0 aromatic heterocycles. The third-order valence-electron chi connectivity index (χ3n) is 3.96. The van der Waals surface area contributed by atoms with Crippen LogP contribution >= 0.6 is 0 Å². The molecule has 1 N–H and O–H groups in total. The summed E-state index contributed by atoms with van der Waals surface area (Å²) in [6.45, 7) is 9.64. The van der Waals surface area contributed by atoms with Gasteiger partial charge in [0.1, 0.15) is 0 Å². The molecule has 0 bridgehead atoms. The van der Waals surface area contributed by atoms with Crippen molar-refractivity contribution in [2.75, 3.05) is 32.8 Å². The molecule has 1 aliphatic heterocycles. The van der Waals surface area contributed by atoms with Crippen LogP contribution in [0.15, 0.2) is 30.3 Å². The molecule has 0 radical (unpaired) electrons. The molecule has 0 aliphatic carbocycles. The van der Waals surface area contributed by atoms with Gasteiger partial charge in [-0.2, -0.15) is 0 Å². The van der Waals surface area contributed by atoms with Gasteiger partial charge in [-0.15, -0.1) is 0 Å². The minimum atomic E-state index is -0.880. The molecular formula is C17H26N2O3. The third-order valence-corrected chi connectivity index (χ3v) is 3.96. The molecule has 2 rings (SSSR count). The average Bonchev–Trinajstić information content (AvgIpc) is 2.47. The van der Waals surface area contributed by atoms with Crippen LogP contribution in [0.2, 0.25) is 0 Å². The molecule has 1 amide bonds. The number of benzene rings is 1. The Morgan fingerprint density at radius 2 is 1.86 bits per heavy atom. The maximum absolute atomic E-state index is 11.9. The van der Waals surface area contributed by atoms with E-state index in [1.807, 2.05) is 51.1 Å². The van der Waals surface area contributed by atoms with Crippen molar-refractivity contribution in [3.8, 4) is 0 Å². The lowest BCUT2D eigenvalue weighted by atomic mass is 9.98. The molecule has 1 aromatic carbocycles. The standard InChI is InChI=1S/C17H26N2O3/c1-17(2,3)19(16(20)21)15(14-7-5-4-6-8-14)13-18-9-11-22-12-10-18/h4-8,15H,9-13H2,1-3H3,(H,20,21)/t15-/m1/s1. The highest BCUT2D eigenvalue weighted by Gasteiger charge is 2.35. The Hall–Kier alpha value is -1.59. The lowest BCUT2D eigenvalue weighted by Gasteiger charge is -2.42. The van der Waals surface area contributed by atoms with Crippen LogP contribution in [-0.2, 0) is 4.74 Å². The molecule has 22 heavy (non-hydrogen) atoms. The first-order chi connectivity index (χ1) is 10.4. The minimum Gasteiger partial charge on any atom is -0.465 e. The molecule has 0 unspecified atom stereocenters. The maximum Gasteiger partial charge on any atom is 0.408 e. The Balaban J connectivity index is 2.29. The third kappa shape index (κ3) is 4.21. The fourth-order valence-corrected chi connectivity index (χ4v) is 2.93. The lowest BCUT2D eigenvalue weighted by Crippen LogP contribution is -2.51. The van der Waals surface area contributed by atoms with Gasteiger partial charge in [0.25, 0.3) is 0 Å². The number of morpholine rings is 1. The summed E-state index contributed by atoms with van der Waals surface area (Å²) in [5.74, 6) is 0. The van der Waals surface area contributed by atoms with Gasteiger partial charge >= 0.3 is 6.09 Å². The van der Waals surface area contributed by atoms with Gasteiger partial charge in [0.05, 0.1) is 19.3 Å². The largest absolute Gasteiger partial charge is 0.465 e. The van der Waals surface area contributed by atoms with Gasteiger partial charge < -0.3 is 9.84 Å². The molecule has 1 fully saturated rings. The highest BCUT2D eigenvalue weighted by Crippen LogP contribution is 2.29. The van der Waals surface area contributed by atoms with Crippen LogP contribution in [-0.4, -0.2) is 59.4 Å². The molecule has 1 aromatic rings. The number of hydrogen-bond acceptors (Lipinski definition) is 3. The summed E-state index contributed by atoms with van der Waals surface area (Å²) < 4.78 is 5.39. The molecule has 5 nitrogen and oxygen atoms in total. The Morgan fingerprint density at radius 3 is 2.36 bits per heavy atom. The minimum absolute atomic E-state index is 0.184. The van der Waals surface area contributed by atoms with Gasteiger partial charge in [-0.05, 0) is 26.3 Å². The molecule has 0 saturated carbocycles. The average molecular weight is 306 g/mol. The van der Waals surface area contributed by atoms with Crippen LogP contribution in [0.4, 0.5) is 4.79 Å². The summed E-state index contributed by atoms with van der Waals surface area (Å²) in [4.78, 5) is 15.7. The number of rotatable bonds is 4. The van der Waals surface area contributed by atoms with Gasteiger partial charge in [0.2, 0.25) is 0 Å². The maximum atomic E-state index is 11.9. The van der Waals surface area contributed by atoms with Gasteiger partial charge in [0.15, 0.2) is 0 Å². The summed E-state index contributed by atoms with van der Waals surface area (Å²) in [6.07, 6.45) is -0.880. The molecule has 1 saturated heterocycles. The Bertz CT molecular complexity index is 478. The van der Waals surface area contributed by atoms with E-state index in [2.05, 4.69) is 4.90 Å². The van der Waals surface area contributed by atoms with Crippen LogP contribution < -0.4 is 0 Å². The Morgan fingerprint density at radius 1 is 1.27 bits per heavy atom. The summed E-state index contributed by atoms with van der Waals surface area (Å²) in [5.41, 5.74) is 0.574. The van der Waals surface area contributed by atoms with Crippen LogP contribution in [0.3, 0.4) is 0 Å². The molecule has 1 heterocycles. The van der Waals surface area contributed by atoms with Gasteiger partial charge in [-0.3, -0.25) is 9.80 Å². The molecule has 5 heteroatoms. The van der Waals surface area contributed by atoms with Gasteiger partial charge in [-0.1, -0.05) is 30.3 Å². The zero-order valence-corrected chi connectivity index (χ0v) is 13.7. The van der Waals surface area contributed by atoms with Crippen molar-refractivity contribution in [2.45, 2.75) is 32.4 Å². The number of hydrogen-bond donors (Lipinski definition) is 1. The van der Waals surface area contributed by atoms with E-state index in [0.29, 0.717) is 19.8 Å². The number of ether oxygens (including phenoxy) is 1. The number of carboxylic acid groups (broad SMARTS) is 1. The predicted molar refractivity (Wildman–Crippen MR) is 86.1 cm³/mol. The first-order valence-electron chi connectivity index (χ1n) is 7.77. The highest BCUT2D eigenvalue weighted by molar-refractivity contribution is 5.67. The Labute approximate surface area is 132 Å². The molecule has 122 valence electrons. The van der Waals surface area contributed by atoms with E-state index in [0.717, 1.165) is 18.7 Å². The summed E-state index contributed by atoms with van der Waals surface area (Å²) in [7, 11) is 0. The number of amides is 1. The first kappa shape index (κ1) is 16.8. The zero-order chi connectivity index (χ0) is 16.2. The van der Waals surface area contributed by atoms with Crippen molar-refractivity contribution >= 4 is 6.09 Å². The summed E-state index contributed by atoms with van der Waals surface area (Å²) >= 11 is 0. The van der Waals surface area contributed by atoms with Crippen LogP contribution in [0.1, 0.15) is 32.4 Å².